The monoisotopic (exact) mass is 789 g/mol. The molecule has 0 spiro atoms. The molecule has 0 saturated carbocycles. The van der Waals surface area contributed by atoms with Crippen LogP contribution in [0.5, 0.6) is 0 Å². The second kappa shape index (κ2) is 16.3. The van der Waals surface area contributed by atoms with E-state index in [1.54, 1.807) is 12.1 Å². The topological polar surface area (TPSA) is 114 Å². The highest BCUT2D eigenvalue weighted by Crippen LogP contribution is 2.36. The number of hydrogen-bond donors (Lipinski definition) is 2. The minimum absolute atomic E-state index is 0.252. The fourth-order valence-electron chi connectivity index (χ4n) is 7.74. The van der Waals surface area contributed by atoms with E-state index in [1.807, 2.05) is 78.9 Å². The number of amides is 4. The molecule has 288 valence electrons. The lowest BCUT2D eigenvalue weighted by Gasteiger charge is -2.28. The Hall–Kier alpha value is -5.47. The lowest BCUT2D eigenvalue weighted by atomic mass is 9.93. The zero-order valence-electron chi connectivity index (χ0n) is 31.6. The van der Waals surface area contributed by atoms with Crippen molar-refractivity contribution in [3.05, 3.63) is 114 Å². The van der Waals surface area contributed by atoms with Gasteiger partial charge in [0.15, 0.2) is 0 Å². The Balaban J connectivity index is 0.827. The van der Waals surface area contributed by atoms with Crippen LogP contribution in [-0.2, 0) is 13.6 Å². The van der Waals surface area contributed by atoms with E-state index in [9.17, 15) is 19.2 Å². The maximum atomic E-state index is 13.6. The molecule has 5 aromatic rings. The van der Waals surface area contributed by atoms with Crippen molar-refractivity contribution in [3.8, 4) is 0 Å². The third-order valence-electron chi connectivity index (χ3n) is 10.5. The molecule has 0 radical (unpaired) electrons. The Bertz CT molecular complexity index is 2330. The molecule has 1 aromatic heterocycles. The zero-order valence-corrected chi connectivity index (χ0v) is 33.2. The number of imidazole rings is 1. The predicted octanol–water partition coefficient (Wildman–Crippen LogP) is 5.87. The summed E-state index contributed by atoms with van der Waals surface area (Å²) < 4.78 is 4.15. The fraction of sp³-hybridized carbons (Fsp3) is 0.310. The Labute approximate surface area is 333 Å². The second-order valence-electron chi connectivity index (χ2n) is 14.3. The maximum absolute atomic E-state index is 13.6. The number of imide groups is 2. The first-order valence-electron chi connectivity index (χ1n) is 19.0. The summed E-state index contributed by atoms with van der Waals surface area (Å²) in [6, 6.07) is 18.8. The average molecular weight is 790 g/mol. The van der Waals surface area contributed by atoms with Gasteiger partial charge in [0.1, 0.15) is 12.4 Å². The van der Waals surface area contributed by atoms with Crippen LogP contribution in [0.3, 0.4) is 0 Å². The van der Waals surface area contributed by atoms with E-state index < -0.39 is 0 Å². The van der Waals surface area contributed by atoms with Crippen LogP contribution in [-0.4, -0.2) is 106 Å². The highest BCUT2D eigenvalue weighted by molar-refractivity contribution is 8.76. The zero-order chi connectivity index (χ0) is 38.8. The van der Waals surface area contributed by atoms with Crippen molar-refractivity contribution in [2.75, 3.05) is 68.6 Å². The van der Waals surface area contributed by atoms with E-state index in [0.717, 1.165) is 67.8 Å². The Morgan fingerprint density at radius 1 is 0.643 bits per heavy atom. The van der Waals surface area contributed by atoms with Crippen molar-refractivity contribution in [1.29, 1.82) is 0 Å². The minimum Gasteiger partial charge on any atom is -0.384 e. The molecular weight excluding hydrogens is 745 g/mol. The molecule has 2 N–H and O–H groups in total. The van der Waals surface area contributed by atoms with Gasteiger partial charge in [-0.15, -0.1) is 0 Å². The van der Waals surface area contributed by atoms with Crippen molar-refractivity contribution in [2.45, 2.75) is 19.4 Å². The van der Waals surface area contributed by atoms with E-state index in [4.69, 9.17) is 0 Å². The minimum atomic E-state index is -0.292. The molecule has 56 heavy (non-hydrogen) atoms. The summed E-state index contributed by atoms with van der Waals surface area (Å²) in [6.07, 6.45) is 12.1. The lowest BCUT2D eigenvalue weighted by molar-refractivity contribution is -0.671. The first-order chi connectivity index (χ1) is 27.3. The van der Waals surface area contributed by atoms with Gasteiger partial charge in [-0.3, -0.25) is 29.0 Å². The van der Waals surface area contributed by atoms with E-state index >= 15 is 0 Å². The highest BCUT2D eigenvalue weighted by Gasteiger charge is 2.34. The smallest absolute Gasteiger partial charge is 0.261 e. The first kappa shape index (κ1) is 37.5. The quantitative estimate of drug-likeness (QED) is 0.0514. The second-order valence-corrected chi connectivity index (χ2v) is 17.0. The number of aryl methyl sites for hydroxylation is 2. The summed E-state index contributed by atoms with van der Waals surface area (Å²) >= 11 is 0. The molecule has 0 aliphatic carbocycles. The number of rotatable bonds is 17. The van der Waals surface area contributed by atoms with E-state index in [1.165, 1.54) is 31.4 Å². The van der Waals surface area contributed by atoms with Gasteiger partial charge in [0.25, 0.3) is 23.6 Å². The molecule has 4 aromatic carbocycles. The lowest BCUT2D eigenvalue weighted by Crippen LogP contribution is -2.42. The summed E-state index contributed by atoms with van der Waals surface area (Å²) in [5, 5.41) is 10.2. The average Bonchev–Trinajstić information content (AvgIpc) is 3.83. The third-order valence-corrected chi connectivity index (χ3v) is 12.8. The highest BCUT2D eigenvalue weighted by atomic mass is 33.1. The van der Waals surface area contributed by atoms with Gasteiger partial charge in [0.05, 0.1) is 20.3 Å². The molecular formula is C42H45N8O4S2+. The summed E-state index contributed by atoms with van der Waals surface area (Å²) in [6.45, 7) is 4.74. The van der Waals surface area contributed by atoms with Crippen LogP contribution in [0.1, 0.15) is 54.3 Å². The molecule has 14 heteroatoms. The van der Waals surface area contributed by atoms with Crippen LogP contribution in [0.4, 0.5) is 11.4 Å². The summed E-state index contributed by atoms with van der Waals surface area (Å²) in [5.41, 5.74) is 3.95. The molecule has 12 nitrogen and oxygen atoms in total. The molecule has 3 aliphatic rings. The Morgan fingerprint density at radius 2 is 1.16 bits per heavy atom. The molecule has 4 heterocycles. The molecule has 0 bridgehead atoms. The Morgan fingerprint density at radius 3 is 1.64 bits per heavy atom. The molecule has 0 saturated heterocycles. The van der Waals surface area contributed by atoms with Gasteiger partial charge in [-0.05, 0) is 42.8 Å². The largest absolute Gasteiger partial charge is 0.384 e. The van der Waals surface area contributed by atoms with Crippen molar-refractivity contribution in [1.82, 2.24) is 24.2 Å². The standard InChI is InChI=1S/C42H44N8O4S2/c1-45-19-21-47(27-45)17-5-15-43-35-13-11-33-37-29(35)7-3-9-31(37)39(51)49(41(33)53)23-25-55-56-26-24-50-40(52)32-10-4-8-30-36(14-12-34(38(30)32)42(50)54)44-16-6-18-48-22-20-46(2)28-48/h3-4,7-14,19-22,27H,5-6,15-18,23-26,28H2,1-2H3,(H-,43,44,51,52,53,54)/p+1. The number of nitrogens with one attached hydrogen (secondary N) is 2. The normalized spacial score (nSPS) is 15.0. The van der Waals surface area contributed by atoms with Gasteiger partial charge in [0.2, 0.25) is 6.33 Å². The molecule has 0 unspecified atom stereocenters. The first-order valence-corrected chi connectivity index (χ1v) is 21.5. The van der Waals surface area contributed by atoms with Crippen LogP contribution in [0.15, 0.2) is 91.8 Å². The SMILES string of the molecule is CN1C=CN(CCCNc2ccc3c4c(cccc24)C(=O)N(CCSSCCN2C(=O)c4cccc5c(NCCCn6cc[n+](C)c6)ccc(c45)C2=O)C3=O)C1. The van der Waals surface area contributed by atoms with Crippen LogP contribution in [0, 0.1) is 0 Å². The summed E-state index contributed by atoms with van der Waals surface area (Å²) in [7, 11) is 7.09. The number of aromatic nitrogens is 2. The molecule has 0 atom stereocenters. The van der Waals surface area contributed by atoms with Crippen LogP contribution >= 0.6 is 21.6 Å². The van der Waals surface area contributed by atoms with Crippen LogP contribution in [0.25, 0.3) is 21.5 Å². The number of anilines is 2. The van der Waals surface area contributed by atoms with Gasteiger partial charge in [-0.2, -0.15) is 0 Å². The van der Waals surface area contributed by atoms with E-state index in [-0.39, 0.29) is 36.7 Å². The summed E-state index contributed by atoms with van der Waals surface area (Å²) in [5.74, 6) is -0.138. The number of hydrogen-bond acceptors (Lipinski definition) is 10. The van der Waals surface area contributed by atoms with E-state index in [0.29, 0.717) is 44.5 Å². The molecule has 8 rings (SSSR count). The number of carbonyl (C=O) groups is 4. The molecule has 3 aliphatic heterocycles. The van der Waals surface area contributed by atoms with Crippen molar-refractivity contribution < 1.29 is 23.7 Å². The van der Waals surface area contributed by atoms with Gasteiger partial charge >= 0.3 is 0 Å². The third kappa shape index (κ3) is 7.42. The Kier molecular flexibility index (Phi) is 10.9. The fourth-order valence-corrected chi connectivity index (χ4v) is 9.64. The number of benzene rings is 4. The van der Waals surface area contributed by atoms with Crippen LogP contribution < -0.4 is 15.2 Å². The van der Waals surface area contributed by atoms with Gasteiger partial charge in [0, 0.05) is 125 Å². The predicted molar refractivity (Wildman–Crippen MR) is 224 cm³/mol. The maximum Gasteiger partial charge on any atom is 0.261 e. The van der Waals surface area contributed by atoms with Gasteiger partial charge in [-0.1, -0.05) is 45.9 Å². The van der Waals surface area contributed by atoms with Gasteiger partial charge in [-0.25, -0.2) is 9.13 Å². The number of nitrogens with zero attached hydrogens (tertiary/aromatic N) is 6. The van der Waals surface area contributed by atoms with Crippen molar-refractivity contribution >= 4 is 78.1 Å². The van der Waals surface area contributed by atoms with E-state index in [2.05, 4.69) is 44.4 Å². The van der Waals surface area contributed by atoms with Crippen molar-refractivity contribution in [3.63, 3.8) is 0 Å². The summed E-state index contributed by atoms with van der Waals surface area (Å²) in [4.78, 5) is 61.6. The number of carbonyl (C=O) groups excluding carboxylic acids is 4. The van der Waals surface area contributed by atoms with Gasteiger partial charge < -0.3 is 20.4 Å². The van der Waals surface area contributed by atoms with Crippen LogP contribution in [0.2, 0.25) is 0 Å². The molecule has 0 fully saturated rings. The van der Waals surface area contributed by atoms with Crippen molar-refractivity contribution in [2.24, 2.45) is 7.05 Å². The molecule has 4 amide bonds.